The Balaban J connectivity index is 3.84. The molecule has 0 saturated heterocycles. The topological polar surface area (TPSA) is 83.4 Å². The van der Waals surface area contributed by atoms with E-state index in [-0.39, 0.29) is 11.5 Å². The predicted octanol–water partition coefficient (Wildman–Crippen LogP) is 0.563. The Kier molecular flexibility index (Phi) is 11.8. The second kappa shape index (κ2) is 12.9. The molecule has 108 valence electrons. The molecule has 0 rings (SSSR count). The first-order chi connectivity index (χ1) is 9.26. The maximum atomic E-state index is 11.6. The van der Waals surface area contributed by atoms with Gasteiger partial charge in [-0.3, -0.25) is 4.79 Å². The van der Waals surface area contributed by atoms with E-state index >= 15 is 0 Å². The molecule has 0 aromatic heterocycles. The second-order valence-electron chi connectivity index (χ2n) is 3.78. The van der Waals surface area contributed by atoms with Gasteiger partial charge in [0.25, 0.3) is 5.91 Å². The summed E-state index contributed by atoms with van der Waals surface area (Å²) in [6, 6.07) is 1.87. The lowest BCUT2D eigenvalue weighted by atomic mass is 10.3. The van der Waals surface area contributed by atoms with Gasteiger partial charge in [0.2, 0.25) is 0 Å². The van der Waals surface area contributed by atoms with E-state index in [1.807, 2.05) is 13.0 Å². The van der Waals surface area contributed by atoms with Crippen molar-refractivity contribution in [3.05, 3.63) is 11.8 Å². The molecular weight excluding hydrogens is 246 g/mol. The Morgan fingerprint density at radius 3 is 2.68 bits per heavy atom. The van der Waals surface area contributed by atoms with Gasteiger partial charge in [-0.05, 0) is 19.8 Å². The summed E-state index contributed by atoms with van der Waals surface area (Å²) in [6.07, 6.45) is 2.99. The third-order valence-corrected chi connectivity index (χ3v) is 2.24. The van der Waals surface area contributed by atoms with Crippen LogP contribution in [0, 0.1) is 11.3 Å². The third-order valence-electron chi connectivity index (χ3n) is 2.24. The van der Waals surface area contributed by atoms with Crippen molar-refractivity contribution < 1.29 is 14.3 Å². The molecule has 0 aliphatic rings. The Morgan fingerprint density at radius 1 is 1.32 bits per heavy atom. The molecule has 0 unspecified atom stereocenters. The van der Waals surface area contributed by atoms with Crippen LogP contribution in [-0.4, -0.2) is 45.9 Å². The van der Waals surface area contributed by atoms with Gasteiger partial charge >= 0.3 is 0 Å². The molecule has 0 fully saturated rings. The number of hydrogen-bond acceptors (Lipinski definition) is 5. The molecule has 0 saturated carbocycles. The normalized spacial score (nSPS) is 10.9. The lowest BCUT2D eigenvalue weighted by molar-refractivity contribution is -0.117. The van der Waals surface area contributed by atoms with Gasteiger partial charge in [-0.2, -0.15) is 5.26 Å². The molecular formula is C13H23N3O3. The first-order valence-corrected chi connectivity index (χ1v) is 6.44. The Labute approximate surface area is 114 Å². The number of nitriles is 1. The molecule has 0 aliphatic carbocycles. The van der Waals surface area contributed by atoms with E-state index in [4.69, 9.17) is 14.7 Å². The van der Waals surface area contributed by atoms with Crippen molar-refractivity contribution in [3.63, 3.8) is 0 Å². The van der Waals surface area contributed by atoms with E-state index in [0.29, 0.717) is 32.9 Å². The molecule has 0 aliphatic heterocycles. The number of carbonyl (C=O) groups is 1. The van der Waals surface area contributed by atoms with Crippen molar-refractivity contribution in [2.75, 3.05) is 40.0 Å². The quantitative estimate of drug-likeness (QED) is 0.325. The number of hydrogen-bond donors (Lipinski definition) is 2. The van der Waals surface area contributed by atoms with Crippen molar-refractivity contribution in [1.29, 1.82) is 5.26 Å². The van der Waals surface area contributed by atoms with Crippen LogP contribution < -0.4 is 10.6 Å². The van der Waals surface area contributed by atoms with Crippen molar-refractivity contribution in [3.8, 4) is 6.07 Å². The molecule has 6 nitrogen and oxygen atoms in total. The van der Waals surface area contributed by atoms with Gasteiger partial charge in [0.05, 0.1) is 0 Å². The van der Waals surface area contributed by atoms with Crippen LogP contribution in [0.25, 0.3) is 0 Å². The van der Waals surface area contributed by atoms with E-state index < -0.39 is 0 Å². The molecule has 2 N–H and O–H groups in total. The van der Waals surface area contributed by atoms with Gasteiger partial charge < -0.3 is 20.1 Å². The number of rotatable bonds is 11. The molecule has 0 heterocycles. The van der Waals surface area contributed by atoms with Crippen molar-refractivity contribution in [2.24, 2.45) is 0 Å². The summed E-state index contributed by atoms with van der Waals surface area (Å²) < 4.78 is 10.0. The summed E-state index contributed by atoms with van der Waals surface area (Å²) in [6.45, 7) is 5.01. The number of amides is 1. The van der Waals surface area contributed by atoms with Gasteiger partial charge in [0.15, 0.2) is 0 Å². The highest BCUT2D eigenvalue weighted by Gasteiger charge is 2.07. The Bertz CT molecular complexity index is 311. The lowest BCUT2D eigenvalue weighted by Gasteiger charge is -2.05. The third kappa shape index (κ3) is 10.1. The lowest BCUT2D eigenvalue weighted by Crippen LogP contribution is -2.27. The molecule has 6 heteroatoms. The van der Waals surface area contributed by atoms with Crippen LogP contribution in [-0.2, 0) is 14.3 Å². The van der Waals surface area contributed by atoms with Gasteiger partial charge in [-0.25, -0.2) is 0 Å². The monoisotopic (exact) mass is 269 g/mol. The fourth-order valence-corrected chi connectivity index (χ4v) is 1.26. The van der Waals surface area contributed by atoms with Crippen LogP contribution in [0.2, 0.25) is 0 Å². The van der Waals surface area contributed by atoms with Crippen molar-refractivity contribution in [1.82, 2.24) is 10.6 Å². The van der Waals surface area contributed by atoms with Crippen LogP contribution in [0.4, 0.5) is 0 Å². The molecule has 0 aromatic rings. The Hall–Kier alpha value is -1.58. The summed E-state index contributed by atoms with van der Waals surface area (Å²) in [5.74, 6) is -0.363. The van der Waals surface area contributed by atoms with E-state index in [0.717, 1.165) is 12.8 Å². The van der Waals surface area contributed by atoms with Crippen molar-refractivity contribution >= 4 is 5.91 Å². The molecule has 0 spiro atoms. The van der Waals surface area contributed by atoms with E-state index in [9.17, 15) is 4.79 Å². The van der Waals surface area contributed by atoms with E-state index in [1.54, 1.807) is 7.11 Å². The van der Waals surface area contributed by atoms with E-state index in [2.05, 4.69) is 10.6 Å². The summed E-state index contributed by atoms with van der Waals surface area (Å²) in [4.78, 5) is 11.6. The Morgan fingerprint density at radius 2 is 2.05 bits per heavy atom. The highest BCUT2D eigenvalue weighted by Crippen LogP contribution is 1.91. The number of carbonyl (C=O) groups excluding carboxylic acids is 1. The van der Waals surface area contributed by atoms with E-state index in [1.165, 1.54) is 6.20 Å². The highest BCUT2D eigenvalue weighted by atomic mass is 16.5. The zero-order valence-electron chi connectivity index (χ0n) is 11.7. The SMILES string of the molecule is CCOCCCNC(=O)/C(C#N)=C\NCCCOC. The average Bonchev–Trinajstić information content (AvgIpc) is 2.42. The molecule has 0 atom stereocenters. The number of methoxy groups -OCH3 is 1. The summed E-state index contributed by atoms with van der Waals surface area (Å²) in [7, 11) is 1.63. The van der Waals surface area contributed by atoms with Crippen LogP contribution in [0.3, 0.4) is 0 Å². The van der Waals surface area contributed by atoms with Gasteiger partial charge in [0.1, 0.15) is 11.6 Å². The van der Waals surface area contributed by atoms with Crippen molar-refractivity contribution in [2.45, 2.75) is 19.8 Å². The molecule has 0 bridgehead atoms. The highest BCUT2D eigenvalue weighted by molar-refractivity contribution is 5.97. The number of nitrogens with one attached hydrogen (secondary N) is 2. The largest absolute Gasteiger partial charge is 0.390 e. The zero-order chi connectivity index (χ0) is 14.3. The molecule has 19 heavy (non-hydrogen) atoms. The smallest absolute Gasteiger partial charge is 0.263 e. The van der Waals surface area contributed by atoms with Crippen LogP contribution in [0.1, 0.15) is 19.8 Å². The van der Waals surface area contributed by atoms with Crippen LogP contribution in [0.15, 0.2) is 11.8 Å². The second-order valence-corrected chi connectivity index (χ2v) is 3.78. The van der Waals surface area contributed by atoms with Gasteiger partial charge in [-0.15, -0.1) is 0 Å². The molecule has 1 amide bonds. The zero-order valence-corrected chi connectivity index (χ0v) is 11.7. The number of ether oxygens (including phenoxy) is 2. The standard InChI is InChI=1S/C13H23N3O3/c1-3-19-9-5-7-16-13(17)12(10-14)11-15-6-4-8-18-2/h11,15H,3-9H2,1-2H3,(H,16,17)/b12-11-. The first kappa shape index (κ1) is 17.4. The van der Waals surface area contributed by atoms with Crippen LogP contribution >= 0.6 is 0 Å². The predicted molar refractivity (Wildman–Crippen MR) is 72.3 cm³/mol. The fraction of sp³-hybridized carbons (Fsp3) is 0.692. The molecule has 0 aromatic carbocycles. The minimum atomic E-state index is -0.363. The maximum absolute atomic E-state index is 11.6. The maximum Gasteiger partial charge on any atom is 0.263 e. The molecule has 0 radical (unpaired) electrons. The number of nitrogens with zero attached hydrogens (tertiary/aromatic N) is 1. The fourth-order valence-electron chi connectivity index (χ4n) is 1.26. The summed E-state index contributed by atoms with van der Waals surface area (Å²) in [5.41, 5.74) is 0.0776. The average molecular weight is 269 g/mol. The summed E-state index contributed by atoms with van der Waals surface area (Å²) >= 11 is 0. The van der Waals surface area contributed by atoms with Crippen LogP contribution in [0.5, 0.6) is 0 Å². The van der Waals surface area contributed by atoms with Gasteiger partial charge in [0, 0.05) is 46.2 Å². The minimum Gasteiger partial charge on any atom is -0.390 e. The summed E-state index contributed by atoms with van der Waals surface area (Å²) in [5, 5.41) is 14.5. The van der Waals surface area contributed by atoms with Gasteiger partial charge in [-0.1, -0.05) is 0 Å². The first-order valence-electron chi connectivity index (χ1n) is 6.44. The minimum absolute atomic E-state index is 0.0776.